The smallest absolute Gasteiger partial charge is 0.310 e. The fraction of sp³-hybridized carbons (Fsp3) is 0.731. The van der Waals surface area contributed by atoms with Gasteiger partial charge in [-0.25, -0.2) is 0 Å². The molecular weight excluding hydrogens is 452 g/mol. The molecule has 3 unspecified atom stereocenters. The number of amides is 2. The number of aliphatic hydroxyl groups is 1. The number of carbonyl (C=O) groups is 3. The zero-order chi connectivity index (χ0) is 24.9. The second kappa shape index (κ2) is 11.8. The summed E-state index contributed by atoms with van der Waals surface area (Å²) in [6.45, 7) is 12.6. The molecular formula is C26H40N2O5S. The molecule has 6 atom stereocenters. The SMILES string of the molecule is C=CCCCOC(=O)[C@@H]1[C@@H]2CCC3(S2)C(C(=O)N(CC=C)C(C)CCC)N(CCCO)C(=O)[C@H]13. The lowest BCUT2D eigenvalue weighted by atomic mass is 9.71. The minimum absolute atomic E-state index is 0.00272. The number of ether oxygens (including phenoxy) is 1. The Morgan fingerprint density at radius 3 is 2.76 bits per heavy atom. The van der Waals surface area contributed by atoms with Crippen LogP contribution in [-0.2, 0) is 19.1 Å². The number of thioether (sulfide) groups is 1. The molecule has 2 amide bonds. The van der Waals surface area contributed by atoms with Crippen LogP contribution in [0, 0.1) is 11.8 Å². The molecule has 0 radical (unpaired) electrons. The molecule has 0 saturated carbocycles. The predicted molar refractivity (Wildman–Crippen MR) is 134 cm³/mol. The number of fused-ring (bicyclic) bond motifs is 1. The number of unbranched alkanes of at least 4 members (excludes halogenated alkanes) is 1. The second-order valence-corrected chi connectivity index (χ2v) is 11.3. The van der Waals surface area contributed by atoms with Crippen molar-refractivity contribution in [1.29, 1.82) is 0 Å². The van der Waals surface area contributed by atoms with Gasteiger partial charge in [0.1, 0.15) is 6.04 Å². The lowest BCUT2D eigenvalue weighted by Gasteiger charge is -2.39. The van der Waals surface area contributed by atoms with E-state index in [-0.39, 0.29) is 35.7 Å². The van der Waals surface area contributed by atoms with Gasteiger partial charge in [0.25, 0.3) is 0 Å². The van der Waals surface area contributed by atoms with E-state index in [2.05, 4.69) is 20.1 Å². The van der Waals surface area contributed by atoms with Crippen LogP contribution >= 0.6 is 11.8 Å². The van der Waals surface area contributed by atoms with Crippen LogP contribution in [0.3, 0.4) is 0 Å². The minimum Gasteiger partial charge on any atom is -0.465 e. The number of hydrogen-bond donors (Lipinski definition) is 1. The highest BCUT2D eigenvalue weighted by Gasteiger charge is 2.74. The van der Waals surface area contributed by atoms with Gasteiger partial charge in [0.2, 0.25) is 11.8 Å². The van der Waals surface area contributed by atoms with E-state index < -0.39 is 22.6 Å². The number of aliphatic hydroxyl groups excluding tert-OH is 1. The summed E-state index contributed by atoms with van der Waals surface area (Å²) in [5, 5.41) is 9.47. The first-order valence-electron chi connectivity index (χ1n) is 12.7. The number of allylic oxidation sites excluding steroid dienone is 1. The maximum absolute atomic E-state index is 14.1. The summed E-state index contributed by atoms with van der Waals surface area (Å²) >= 11 is 1.65. The molecule has 1 spiro atoms. The Balaban J connectivity index is 1.92. The number of nitrogens with zero attached hydrogens (tertiary/aromatic N) is 2. The number of rotatable bonds is 14. The topological polar surface area (TPSA) is 87.2 Å². The summed E-state index contributed by atoms with van der Waals surface area (Å²) in [7, 11) is 0. The van der Waals surface area contributed by atoms with Gasteiger partial charge in [-0.2, -0.15) is 0 Å². The Labute approximate surface area is 208 Å². The molecule has 3 aliphatic rings. The van der Waals surface area contributed by atoms with E-state index in [1.54, 1.807) is 28.8 Å². The molecule has 1 N–H and O–H groups in total. The largest absolute Gasteiger partial charge is 0.465 e. The predicted octanol–water partition coefficient (Wildman–Crippen LogP) is 3.17. The molecule has 190 valence electrons. The highest BCUT2D eigenvalue weighted by molar-refractivity contribution is 8.02. The Hall–Kier alpha value is -1.80. The van der Waals surface area contributed by atoms with Crippen molar-refractivity contribution in [3.8, 4) is 0 Å². The first kappa shape index (κ1) is 26.8. The molecule has 0 aromatic heterocycles. The molecule has 3 saturated heterocycles. The monoisotopic (exact) mass is 492 g/mol. The lowest BCUT2D eigenvalue weighted by Crippen LogP contribution is -2.56. The molecule has 34 heavy (non-hydrogen) atoms. The molecule has 3 heterocycles. The van der Waals surface area contributed by atoms with Gasteiger partial charge in [-0.3, -0.25) is 14.4 Å². The van der Waals surface area contributed by atoms with Crippen molar-refractivity contribution in [2.45, 2.75) is 80.9 Å². The summed E-state index contributed by atoms with van der Waals surface area (Å²) in [5.74, 6) is -1.61. The zero-order valence-electron chi connectivity index (χ0n) is 20.6. The van der Waals surface area contributed by atoms with Gasteiger partial charge in [-0.1, -0.05) is 25.5 Å². The average molecular weight is 493 g/mol. The Morgan fingerprint density at radius 2 is 2.12 bits per heavy atom. The third-order valence-corrected chi connectivity index (χ3v) is 9.46. The van der Waals surface area contributed by atoms with E-state index in [1.807, 2.05) is 11.8 Å². The third-order valence-electron chi connectivity index (χ3n) is 7.51. The number of carbonyl (C=O) groups excluding carboxylic acids is 3. The van der Waals surface area contributed by atoms with Crippen molar-refractivity contribution in [3.05, 3.63) is 25.3 Å². The fourth-order valence-corrected chi connectivity index (χ4v) is 8.24. The molecule has 3 fully saturated rings. The van der Waals surface area contributed by atoms with E-state index >= 15 is 0 Å². The Bertz CT molecular complexity index is 789. The van der Waals surface area contributed by atoms with E-state index in [0.717, 1.165) is 32.1 Å². The van der Waals surface area contributed by atoms with Crippen LogP contribution in [0.1, 0.15) is 58.8 Å². The normalized spacial score (nSPS) is 30.2. The summed E-state index contributed by atoms with van der Waals surface area (Å²) in [6.07, 6.45) is 8.74. The van der Waals surface area contributed by atoms with E-state index in [1.165, 1.54) is 0 Å². The molecule has 0 aromatic carbocycles. The Morgan fingerprint density at radius 1 is 1.35 bits per heavy atom. The van der Waals surface area contributed by atoms with Crippen LogP contribution < -0.4 is 0 Å². The first-order valence-corrected chi connectivity index (χ1v) is 13.5. The maximum atomic E-state index is 14.1. The highest BCUT2D eigenvalue weighted by Crippen LogP contribution is 2.66. The van der Waals surface area contributed by atoms with Crippen molar-refractivity contribution in [3.63, 3.8) is 0 Å². The number of hydrogen-bond acceptors (Lipinski definition) is 6. The maximum Gasteiger partial charge on any atom is 0.310 e. The average Bonchev–Trinajstić information content (AvgIpc) is 3.46. The summed E-state index contributed by atoms with van der Waals surface area (Å²) < 4.78 is 4.96. The van der Waals surface area contributed by atoms with Crippen LogP contribution in [0.4, 0.5) is 0 Å². The molecule has 3 aliphatic heterocycles. The second-order valence-electron chi connectivity index (χ2n) is 9.68. The van der Waals surface area contributed by atoms with Gasteiger partial charge >= 0.3 is 5.97 Å². The summed E-state index contributed by atoms with van der Waals surface area (Å²) in [6, 6.07) is -0.612. The molecule has 7 nitrogen and oxygen atoms in total. The molecule has 0 aliphatic carbocycles. The number of esters is 1. The van der Waals surface area contributed by atoms with Gasteiger partial charge in [0.05, 0.1) is 23.2 Å². The fourth-order valence-electron chi connectivity index (χ4n) is 6.04. The minimum atomic E-state index is -0.635. The first-order chi connectivity index (χ1) is 16.4. The highest BCUT2D eigenvalue weighted by atomic mass is 32.2. The van der Waals surface area contributed by atoms with E-state index in [0.29, 0.717) is 32.5 Å². The summed E-state index contributed by atoms with van der Waals surface area (Å²) in [4.78, 5) is 44.5. The molecule has 3 rings (SSSR count). The van der Waals surface area contributed by atoms with E-state index in [4.69, 9.17) is 4.74 Å². The van der Waals surface area contributed by atoms with Crippen molar-refractivity contribution in [2.24, 2.45) is 11.8 Å². The van der Waals surface area contributed by atoms with Crippen molar-refractivity contribution >= 4 is 29.5 Å². The van der Waals surface area contributed by atoms with E-state index in [9.17, 15) is 19.5 Å². The Kier molecular flexibility index (Phi) is 9.27. The van der Waals surface area contributed by atoms with Gasteiger partial charge in [0, 0.05) is 31.0 Å². The van der Waals surface area contributed by atoms with Crippen LogP contribution in [-0.4, -0.2) is 81.1 Å². The van der Waals surface area contributed by atoms with Crippen molar-refractivity contribution in [1.82, 2.24) is 9.80 Å². The van der Waals surface area contributed by atoms with Gasteiger partial charge in [-0.15, -0.1) is 24.9 Å². The quantitative estimate of drug-likeness (QED) is 0.228. The van der Waals surface area contributed by atoms with Crippen LogP contribution in [0.5, 0.6) is 0 Å². The summed E-state index contributed by atoms with van der Waals surface area (Å²) in [5.41, 5.74) is 0. The lowest BCUT2D eigenvalue weighted by molar-refractivity contribution is -0.154. The molecule has 8 heteroatoms. The zero-order valence-corrected chi connectivity index (χ0v) is 21.4. The third kappa shape index (κ3) is 4.81. The molecule has 2 bridgehead atoms. The van der Waals surface area contributed by atoms with Crippen LogP contribution in [0.15, 0.2) is 25.3 Å². The van der Waals surface area contributed by atoms with Crippen molar-refractivity contribution in [2.75, 3.05) is 26.3 Å². The molecule has 0 aromatic rings. The van der Waals surface area contributed by atoms with Crippen LogP contribution in [0.25, 0.3) is 0 Å². The van der Waals surface area contributed by atoms with Gasteiger partial charge < -0.3 is 19.6 Å². The van der Waals surface area contributed by atoms with Crippen molar-refractivity contribution < 1.29 is 24.2 Å². The van der Waals surface area contributed by atoms with Gasteiger partial charge in [-0.05, 0) is 45.4 Å². The standard InChI is InChI=1S/C26H40N2O5S/c1-5-8-9-17-33-25(32)20-19-12-13-26(34-19)21(20)23(30)28(15-10-16-29)22(26)24(31)27(14-7-3)18(4)11-6-2/h5,7,18-22,29H,1,3,6,8-17H2,2,4H3/t18?,19-,20+,21-,22?,26?/m0/s1. The van der Waals surface area contributed by atoms with Gasteiger partial charge in [0.15, 0.2) is 0 Å². The van der Waals surface area contributed by atoms with Crippen LogP contribution in [0.2, 0.25) is 0 Å². The number of likely N-dealkylation sites (tertiary alicyclic amines) is 1.